The zero-order valence-corrected chi connectivity index (χ0v) is 17.8. The number of hydrogen-bond donors (Lipinski definition) is 0. The maximum absolute atomic E-state index is 5.91. The van der Waals surface area contributed by atoms with Gasteiger partial charge in [0, 0.05) is 28.2 Å². The molecule has 0 saturated carbocycles. The Kier molecular flexibility index (Phi) is 4.10. The van der Waals surface area contributed by atoms with E-state index < -0.39 is 8.07 Å². The second kappa shape index (κ2) is 6.67. The fraction of sp³-hybridized carbons (Fsp3) is 0.120. The van der Waals surface area contributed by atoms with Crippen LogP contribution in [0, 0.1) is 6.92 Å². The fourth-order valence-corrected chi connectivity index (χ4v) is 6.11. The minimum Gasteiger partial charge on any atom is -0.438 e. The van der Waals surface area contributed by atoms with E-state index in [1.165, 1.54) is 10.4 Å². The lowest BCUT2D eigenvalue weighted by molar-refractivity contribution is 0.652. The molecule has 0 aliphatic rings. The van der Waals surface area contributed by atoms with Crippen molar-refractivity contribution in [2.75, 3.05) is 0 Å². The molecule has 5 rings (SSSR count). The van der Waals surface area contributed by atoms with Crippen molar-refractivity contribution in [1.82, 2.24) is 9.97 Å². The number of nitrogens with zero attached hydrogens (tertiary/aromatic N) is 2. The van der Waals surface area contributed by atoms with E-state index in [9.17, 15) is 0 Å². The molecule has 0 atom stereocenters. The third kappa shape index (κ3) is 3.06. The summed E-state index contributed by atoms with van der Waals surface area (Å²) in [7, 11) is -1.74. The van der Waals surface area contributed by atoms with Gasteiger partial charge < -0.3 is 4.42 Å². The molecule has 0 spiro atoms. The normalized spacial score (nSPS) is 12.0. The molecule has 3 heterocycles. The van der Waals surface area contributed by atoms with Gasteiger partial charge in [0.2, 0.25) is 5.71 Å². The Hall–Kier alpha value is -3.24. The van der Waals surface area contributed by atoms with Crippen molar-refractivity contribution in [2.24, 2.45) is 0 Å². The minimum atomic E-state index is -1.74. The second-order valence-corrected chi connectivity index (χ2v) is 12.4. The fourth-order valence-electron chi connectivity index (χ4n) is 3.86. The van der Waals surface area contributed by atoms with Crippen LogP contribution >= 0.6 is 0 Å². The van der Waals surface area contributed by atoms with Crippen LogP contribution in [-0.4, -0.2) is 18.0 Å². The maximum atomic E-state index is 5.91. The molecule has 0 fully saturated rings. The smallest absolute Gasteiger partial charge is 0.227 e. The summed E-state index contributed by atoms with van der Waals surface area (Å²) in [6, 6.07) is 25.5. The molecule has 0 aliphatic heterocycles. The first-order valence-corrected chi connectivity index (χ1v) is 12.8. The van der Waals surface area contributed by atoms with Gasteiger partial charge in [0.1, 0.15) is 13.7 Å². The van der Waals surface area contributed by atoms with E-state index in [2.05, 4.69) is 84.9 Å². The summed E-state index contributed by atoms with van der Waals surface area (Å²) in [4.78, 5) is 9.32. The van der Waals surface area contributed by atoms with Crippen molar-refractivity contribution in [2.45, 2.75) is 20.0 Å². The monoisotopic (exact) mass is 394 g/mol. The number of hydrogen-bond acceptors (Lipinski definition) is 3. The van der Waals surface area contributed by atoms with E-state index in [0.29, 0.717) is 5.71 Å². The van der Waals surface area contributed by atoms with Crippen LogP contribution < -0.4 is 10.4 Å². The Morgan fingerprint density at radius 2 is 1.62 bits per heavy atom. The third-order valence-electron chi connectivity index (χ3n) is 5.75. The van der Waals surface area contributed by atoms with Crippen LogP contribution in [0.4, 0.5) is 0 Å². The first kappa shape index (κ1) is 17.8. The van der Waals surface area contributed by atoms with Gasteiger partial charge in [-0.05, 0) is 48.5 Å². The summed E-state index contributed by atoms with van der Waals surface area (Å²) in [6.45, 7) is 6.72. The third-order valence-corrected chi connectivity index (χ3v) is 9.27. The van der Waals surface area contributed by atoms with Crippen molar-refractivity contribution < 1.29 is 4.42 Å². The van der Waals surface area contributed by atoms with Crippen LogP contribution in [0.2, 0.25) is 13.1 Å². The van der Waals surface area contributed by atoms with Gasteiger partial charge in [-0.1, -0.05) is 54.7 Å². The number of furan rings is 1. The average molecular weight is 395 g/mol. The molecular weight excluding hydrogens is 372 g/mol. The summed E-state index contributed by atoms with van der Waals surface area (Å²) in [5.74, 6) is 0. The SMILES string of the molecule is Cc1ccc2c(n1)oc1ccc(-c3ccc([Si](C)(C)c4ccccc4)cn3)cc12. The topological polar surface area (TPSA) is 38.9 Å². The molecule has 0 N–H and O–H groups in total. The first-order chi connectivity index (χ1) is 14.0. The molecule has 3 nitrogen and oxygen atoms in total. The molecule has 3 aromatic heterocycles. The Morgan fingerprint density at radius 3 is 2.38 bits per heavy atom. The van der Waals surface area contributed by atoms with Crippen molar-refractivity contribution in [3.63, 3.8) is 0 Å². The van der Waals surface area contributed by atoms with E-state index in [4.69, 9.17) is 9.40 Å². The van der Waals surface area contributed by atoms with Crippen molar-refractivity contribution in [1.29, 1.82) is 0 Å². The highest BCUT2D eigenvalue weighted by molar-refractivity contribution is 7.00. The molecule has 0 unspecified atom stereocenters. The van der Waals surface area contributed by atoms with Gasteiger partial charge >= 0.3 is 0 Å². The molecule has 0 radical (unpaired) electrons. The zero-order valence-electron chi connectivity index (χ0n) is 16.8. The van der Waals surface area contributed by atoms with Crippen LogP contribution in [0.25, 0.3) is 33.3 Å². The molecular formula is C25H22N2OSi. The van der Waals surface area contributed by atoms with Crippen LogP contribution in [0.1, 0.15) is 5.69 Å². The van der Waals surface area contributed by atoms with E-state index in [1.54, 1.807) is 0 Å². The number of fused-ring (bicyclic) bond motifs is 3. The molecule has 0 bridgehead atoms. The number of benzene rings is 2. The van der Waals surface area contributed by atoms with Gasteiger partial charge in [-0.2, -0.15) is 0 Å². The summed E-state index contributed by atoms with van der Waals surface area (Å²) in [5, 5.41) is 4.88. The van der Waals surface area contributed by atoms with E-state index in [1.807, 2.05) is 19.1 Å². The molecule has 0 aliphatic carbocycles. The van der Waals surface area contributed by atoms with Crippen LogP contribution in [0.3, 0.4) is 0 Å². The molecule has 142 valence electrons. The highest BCUT2D eigenvalue weighted by atomic mass is 28.3. The lowest BCUT2D eigenvalue weighted by atomic mass is 10.1. The Labute approximate surface area is 171 Å². The van der Waals surface area contributed by atoms with Crippen LogP contribution in [-0.2, 0) is 0 Å². The van der Waals surface area contributed by atoms with Crippen LogP contribution in [0.15, 0.2) is 83.4 Å². The standard InChI is InChI=1S/C25H22N2OSi/c1-17-9-12-21-22-15-18(10-14-24(22)28-25(21)27-17)23-13-11-20(16-26-23)29(2,3)19-7-5-4-6-8-19/h4-16H,1-3H3. The number of pyridine rings is 2. The molecule has 4 heteroatoms. The number of aromatic nitrogens is 2. The Morgan fingerprint density at radius 1 is 0.793 bits per heavy atom. The largest absolute Gasteiger partial charge is 0.438 e. The van der Waals surface area contributed by atoms with Crippen molar-refractivity contribution >= 4 is 40.5 Å². The molecule has 0 amide bonds. The molecule has 29 heavy (non-hydrogen) atoms. The predicted octanol–water partition coefficient (Wildman–Crippen LogP) is 5.17. The van der Waals surface area contributed by atoms with E-state index in [-0.39, 0.29) is 0 Å². The van der Waals surface area contributed by atoms with Gasteiger partial charge in [-0.15, -0.1) is 0 Å². The highest BCUT2D eigenvalue weighted by Crippen LogP contribution is 2.31. The maximum Gasteiger partial charge on any atom is 0.227 e. The van der Waals surface area contributed by atoms with Gasteiger partial charge in [0.25, 0.3) is 0 Å². The van der Waals surface area contributed by atoms with Gasteiger partial charge in [-0.3, -0.25) is 4.98 Å². The van der Waals surface area contributed by atoms with Crippen molar-refractivity contribution in [3.05, 3.63) is 84.7 Å². The van der Waals surface area contributed by atoms with E-state index >= 15 is 0 Å². The first-order valence-electron chi connectivity index (χ1n) is 9.85. The molecule has 0 saturated heterocycles. The van der Waals surface area contributed by atoms with Gasteiger partial charge in [0.15, 0.2) is 0 Å². The Bertz CT molecular complexity index is 1320. The lowest BCUT2D eigenvalue weighted by Crippen LogP contribution is -2.52. The van der Waals surface area contributed by atoms with Gasteiger partial charge in [0.05, 0.1) is 5.69 Å². The summed E-state index contributed by atoms with van der Waals surface area (Å²) in [5.41, 5.74) is 4.57. The van der Waals surface area contributed by atoms with Crippen LogP contribution in [0.5, 0.6) is 0 Å². The number of aryl methyl sites for hydroxylation is 1. The summed E-state index contributed by atoms with van der Waals surface area (Å²) < 4.78 is 5.91. The molecule has 2 aromatic carbocycles. The quantitative estimate of drug-likeness (QED) is 0.396. The highest BCUT2D eigenvalue weighted by Gasteiger charge is 2.26. The summed E-state index contributed by atoms with van der Waals surface area (Å²) >= 11 is 0. The zero-order chi connectivity index (χ0) is 20.0. The van der Waals surface area contributed by atoms with E-state index in [0.717, 1.165) is 33.3 Å². The molecule has 5 aromatic rings. The van der Waals surface area contributed by atoms with Crippen molar-refractivity contribution in [3.8, 4) is 11.3 Å². The Balaban J connectivity index is 1.54. The minimum absolute atomic E-state index is 0.691. The average Bonchev–Trinajstić information content (AvgIpc) is 3.11. The lowest BCUT2D eigenvalue weighted by Gasteiger charge is -2.23. The second-order valence-electron chi connectivity index (χ2n) is 8.04. The summed E-state index contributed by atoms with van der Waals surface area (Å²) in [6.07, 6.45) is 2.05. The predicted molar refractivity (Wildman–Crippen MR) is 123 cm³/mol. The van der Waals surface area contributed by atoms with Gasteiger partial charge in [-0.25, -0.2) is 4.98 Å². The number of rotatable bonds is 3.